The number of ether oxygens (including phenoxy) is 1. The molecule has 0 unspecified atom stereocenters. The number of benzene rings is 3. The van der Waals surface area contributed by atoms with Gasteiger partial charge in [0.25, 0.3) is 0 Å². The molecule has 30 heavy (non-hydrogen) atoms. The summed E-state index contributed by atoms with van der Waals surface area (Å²) in [7, 11) is 0. The molecule has 1 aliphatic heterocycles. The number of allylic oxidation sites excluding steroid dienone is 1. The monoisotopic (exact) mass is 457 g/mol. The average molecular weight is 458 g/mol. The number of carbonyl (C=O) groups is 1. The van der Waals surface area contributed by atoms with Crippen LogP contribution in [0.2, 0.25) is 0 Å². The van der Waals surface area contributed by atoms with E-state index < -0.39 is 0 Å². The number of halogens is 1. The molecular formula is C26H20BrNO2. The molecule has 0 bridgehead atoms. The van der Waals surface area contributed by atoms with Crippen LogP contribution in [0.4, 0.5) is 5.69 Å². The third kappa shape index (κ3) is 3.11. The van der Waals surface area contributed by atoms with Crippen LogP contribution in [0.25, 0.3) is 16.3 Å². The molecule has 2 aliphatic rings. The smallest absolute Gasteiger partial charge is 0.161 e. The van der Waals surface area contributed by atoms with E-state index in [1.807, 2.05) is 24.3 Å². The van der Waals surface area contributed by atoms with Crippen LogP contribution in [0.15, 0.2) is 64.6 Å². The Morgan fingerprint density at radius 2 is 2.00 bits per heavy atom. The molecule has 3 aromatic carbocycles. The van der Waals surface area contributed by atoms with Crippen molar-refractivity contribution < 1.29 is 9.53 Å². The van der Waals surface area contributed by atoms with Crippen molar-refractivity contribution in [1.29, 1.82) is 0 Å². The predicted molar refractivity (Wildman–Crippen MR) is 125 cm³/mol. The summed E-state index contributed by atoms with van der Waals surface area (Å²) in [5.74, 6) is 3.43. The largest absolute Gasteiger partial charge is 0.481 e. The van der Waals surface area contributed by atoms with Gasteiger partial charge in [-0.25, -0.2) is 0 Å². The molecule has 1 atom stereocenters. The molecule has 0 amide bonds. The summed E-state index contributed by atoms with van der Waals surface area (Å²) >= 11 is 3.57. The molecule has 3 nitrogen and oxygen atoms in total. The average Bonchev–Trinajstić information content (AvgIpc) is 2.77. The predicted octanol–water partition coefficient (Wildman–Crippen LogP) is 6.29. The van der Waals surface area contributed by atoms with Crippen molar-refractivity contribution in [3.05, 3.63) is 75.8 Å². The molecule has 1 N–H and O–H groups in total. The zero-order valence-corrected chi connectivity index (χ0v) is 18.0. The third-order valence-corrected chi connectivity index (χ3v) is 6.36. The molecule has 0 saturated carbocycles. The van der Waals surface area contributed by atoms with Crippen molar-refractivity contribution in [2.75, 3.05) is 11.9 Å². The molecule has 4 heteroatoms. The Balaban J connectivity index is 1.75. The summed E-state index contributed by atoms with van der Waals surface area (Å²) in [4.78, 5) is 13.2. The summed E-state index contributed by atoms with van der Waals surface area (Å²) < 4.78 is 6.77. The van der Waals surface area contributed by atoms with Crippen molar-refractivity contribution in [1.82, 2.24) is 0 Å². The second-order valence-electron chi connectivity index (χ2n) is 7.63. The number of rotatable bonds is 3. The van der Waals surface area contributed by atoms with Gasteiger partial charge in [0.2, 0.25) is 0 Å². The van der Waals surface area contributed by atoms with Crippen LogP contribution in [0, 0.1) is 12.3 Å². The molecule has 148 valence electrons. The maximum Gasteiger partial charge on any atom is 0.161 e. The summed E-state index contributed by atoms with van der Waals surface area (Å²) in [6.45, 7) is 0.183. The van der Waals surface area contributed by atoms with Gasteiger partial charge in [0.05, 0.1) is 6.04 Å². The normalized spacial score (nSPS) is 17.7. The lowest BCUT2D eigenvalue weighted by Gasteiger charge is -2.35. The van der Waals surface area contributed by atoms with Gasteiger partial charge in [-0.1, -0.05) is 52.2 Å². The number of Topliss-reactive ketones (excluding diaryl/α,β-unsaturated/α-hetero) is 1. The zero-order valence-electron chi connectivity index (χ0n) is 16.4. The van der Waals surface area contributed by atoms with Crippen LogP contribution >= 0.6 is 15.9 Å². The van der Waals surface area contributed by atoms with E-state index in [0.717, 1.165) is 45.3 Å². The Labute approximate surface area is 184 Å². The van der Waals surface area contributed by atoms with Crippen molar-refractivity contribution in [3.8, 4) is 18.1 Å². The molecular weight excluding hydrogens is 438 g/mol. The highest BCUT2D eigenvalue weighted by molar-refractivity contribution is 9.10. The lowest BCUT2D eigenvalue weighted by atomic mass is 9.76. The molecule has 3 aromatic rings. The van der Waals surface area contributed by atoms with E-state index in [1.165, 1.54) is 10.8 Å². The quantitative estimate of drug-likeness (QED) is 0.469. The third-order valence-electron chi connectivity index (χ3n) is 5.87. The zero-order chi connectivity index (χ0) is 20.7. The van der Waals surface area contributed by atoms with Crippen molar-refractivity contribution in [2.45, 2.75) is 25.3 Å². The van der Waals surface area contributed by atoms with E-state index in [2.05, 4.69) is 57.5 Å². The van der Waals surface area contributed by atoms with Gasteiger partial charge in [0, 0.05) is 33.3 Å². The Morgan fingerprint density at radius 1 is 1.13 bits per heavy atom. The van der Waals surface area contributed by atoms with Crippen molar-refractivity contribution >= 4 is 43.7 Å². The number of fused-ring (bicyclic) bond motifs is 4. The van der Waals surface area contributed by atoms with Gasteiger partial charge < -0.3 is 10.1 Å². The standard InChI is InChI=1S/C26H20BrNO2/c1-2-14-30-23-13-11-17(27)15-20(23)26-25-19(8-5-9-22(25)29)24-18-7-4-3-6-16(18)10-12-21(24)28-26/h1,3-4,6-7,10-13,15,26,28H,5,8-9,14H2/t26-/m1/s1. The molecule has 0 fully saturated rings. The Kier molecular flexibility index (Phi) is 4.84. The van der Waals surface area contributed by atoms with Gasteiger partial charge in [-0.2, -0.15) is 0 Å². The van der Waals surface area contributed by atoms with Crippen LogP contribution in [0.1, 0.15) is 36.4 Å². The first-order chi connectivity index (χ1) is 14.7. The number of hydrogen-bond donors (Lipinski definition) is 1. The van der Waals surface area contributed by atoms with Gasteiger partial charge in [0.15, 0.2) is 5.78 Å². The number of ketones is 1. The summed E-state index contributed by atoms with van der Waals surface area (Å²) in [5, 5.41) is 6.01. The van der Waals surface area contributed by atoms with Crippen molar-refractivity contribution in [2.24, 2.45) is 0 Å². The van der Waals surface area contributed by atoms with Crippen LogP contribution in [0.3, 0.4) is 0 Å². The van der Waals surface area contributed by atoms with E-state index in [4.69, 9.17) is 11.2 Å². The minimum Gasteiger partial charge on any atom is -0.481 e. The summed E-state index contributed by atoms with van der Waals surface area (Å²) in [5.41, 5.74) is 5.14. The lowest BCUT2D eigenvalue weighted by Crippen LogP contribution is -2.27. The van der Waals surface area contributed by atoms with Crippen LogP contribution in [-0.2, 0) is 4.79 Å². The lowest BCUT2D eigenvalue weighted by molar-refractivity contribution is -0.116. The number of nitrogens with one attached hydrogen (secondary N) is 1. The van der Waals surface area contributed by atoms with Crippen LogP contribution in [-0.4, -0.2) is 12.4 Å². The molecule has 0 saturated heterocycles. The van der Waals surface area contributed by atoms with Crippen LogP contribution in [0.5, 0.6) is 5.75 Å². The SMILES string of the molecule is C#CCOc1ccc(Br)cc1[C@H]1Nc2ccc3ccccc3c2C2=C1C(=O)CCC2. The van der Waals surface area contributed by atoms with Gasteiger partial charge in [-0.05, 0) is 53.5 Å². The second kappa shape index (κ2) is 7.66. The Bertz CT molecular complexity index is 1250. The fourth-order valence-electron chi connectivity index (χ4n) is 4.63. The first-order valence-electron chi connectivity index (χ1n) is 10.1. The minimum atomic E-state index is -0.272. The van der Waals surface area contributed by atoms with E-state index in [9.17, 15) is 4.79 Å². The summed E-state index contributed by atoms with van der Waals surface area (Å²) in [6.07, 6.45) is 7.77. The van der Waals surface area contributed by atoms with Crippen molar-refractivity contribution in [3.63, 3.8) is 0 Å². The number of carbonyl (C=O) groups excluding carboxylic acids is 1. The Hall–Kier alpha value is -3.03. The fourth-order valence-corrected chi connectivity index (χ4v) is 5.01. The highest BCUT2D eigenvalue weighted by Gasteiger charge is 2.36. The second-order valence-corrected chi connectivity index (χ2v) is 8.55. The maximum atomic E-state index is 13.2. The molecule has 5 rings (SSSR count). The van der Waals surface area contributed by atoms with E-state index in [1.54, 1.807) is 0 Å². The maximum absolute atomic E-state index is 13.2. The van der Waals surface area contributed by atoms with Crippen LogP contribution < -0.4 is 10.1 Å². The summed E-state index contributed by atoms with van der Waals surface area (Å²) in [6, 6.07) is 18.2. The molecule has 0 radical (unpaired) electrons. The molecule has 0 aromatic heterocycles. The highest BCUT2D eigenvalue weighted by atomic mass is 79.9. The van der Waals surface area contributed by atoms with Gasteiger partial charge in [-0.15, -0.1) is 6.42 Å². The van der Waals surface area contributed by atoms with E-state index >= 15 is 0 Å². The van der Waals surface area contributed by atoms with E-state index in [0.29, 0.717) is 12.2 Å². The highest BCUT2D eigenvalue weighted by Crippen LogP contribution is 2.49. The number of terminal acetylenes is 1. The molecule has 1 aliphatic carbocycles. The Morgan fingerprint density at radius 3 is 2.87 bits per heavy atom. The minimum absolute atomic E-state index is 0.183. The molecule has 1 heterocycles. The number of hydrogen-bond acceptors (Lipinski definition) is 3. The molecule has 0 spiro atoms. The number of anilines is 1. The van der Waals surface area contributed by atoms with Gasteiger partial charge >= 0.3 is 0 Å². The van der Waals surface area contributed by atoms with Gasteiger partial charge in [0.1, 0.15) is 12.4 Å². The topological polar surface area (TPSA) is 38.3 Å². The van der Waals surface area contributed by atoms with Gasteiger partial charge in [-0.3, -0.25) is 4.79 Å². The fraction of sp³-hybridized carbons (Fsp3) is 0.192. The first kappa shape index (κ1) is 19.0. The first-order valence-corrected chi connectivity index (χ1v) is 10.9. The van der Waals surface area contributed by atoms with E-state index in [-0.39, 0.29) is 18.4 Å².